The highest BCUT2D eigenvalue weighted by Crippen LogP contribution is 2.25. The van der Waals surface area contributed by atoms with Gasteiger partial charge in [-0.05, 0) is 38.3 Å². The average Bonchev–Trinajstić information content (AvgIpc) is 2.79. The normalized spacial score (nSPS) is 21.8. The summed E-state index contributed by atoms with van der Waals surface area (Å²) in [5.74, 6) is 1.08. The first-order chi connectivity index (χ1) is 15.5. The summed E-state index contributed by atoms with van der Waals surface area (Å²) >= 11 is 0. The minimum atomic E-state index is -0.0738. The quantitative estimate of drug-likeness (QED) is 0.689. The van der Waals surface area contributed by atoms with Gasteiger partial charge in [0.1, 0.15) is 5.82 Å². The molecule has 2 aliphatic heterocycles. The maximum atomic E-state index is 12.8. The third-order valence-electron chi connectivity index (χ3n) is 7.31. The fraction of sp³-hybridized carbons (Fsp3) is 0.708. The lowest BCUT2D eigenvalue weighted by atomic mass is 9.91. The second kappa shape index (κ2) is 10.6. The molecule has 1 atom stereocenters. The van der Waals surface area contributed by atoms with Gasteiger partial charge in [0, 0.05) is 70.6 Å². The first kappa shape index (κ1) is 23.0. The van der Waals surface area contributed by atoms with Crippen LogP contribution < -0.4 is 10.2 Å². The van der Waals surface area contributed by atoms with Crippen molar-refractivity contribution in [3.05, 3.63) is 23.9 Å². The predicted octanol–water partition coefficient (Wildman–Crippen LogP) is 1.43. The van der Waals surface area contributed by atoms with Crippen LogP contribution in [0.3, 0.4) is 0 Å². The summed E-state index contributed by atoms with van der Waals surface area (Å²) < 4.78 is 0. The molecule has 32 heavy (non-hydrogen) atoms. The molecular weight excluding hydrogens is 404 g/mol. The fourth-order valence-electron chi connectivity index (χ4n) is 4.63. The van der Waals surface area contributed by atoms with Gasteiger partial charge in [0.25, 0.3) is 5.91 Å². The summed E-state index contributed by atoms with van der Waals surface area (Å²) in [6, 6.07) is 4.70. The van der Waals surface area contributed by atoms with Crippen LogP contribution in [0.5, 0.6) is 0 Å². The van der Waals surface area contributed by atoms with Crippen LogP contribution >= 0.6 is 0 Å². The second-order valence-electron chi connectivity index (χ2n) is 9.45. The first-order valence-electron chi connectivity index (χ1n) is 12.3. The molecular formula is C24H38N6O2. The van der Waals surface area contributed by atoms with Crippen molar-refractivity contribution in [3.63, 3.8) is 0 Å². The Kier molecular flexibility index (Phi) is 7.63. The summed E-state index contributed by atoms with van der Waals surface area (Å²) in [6.45, 7) is 11.8. The van der Waals surface area contributed by atoms with Crippen LogP contribution in [-0.2, 0) is 4.79 Å². The Bertz CT molecular complexity index is 765. The number of nitrogens with one attached hydrogen (secondary N) is 1. The summed E-state index contributed by atoms with van der Waals surface area (Å²) in [5, 5.41) is 2.97. The van der Waals surface area contributed by atoms with E-state index in [-0.39, 0.29) is 17.9 Å². The summed E-state index contributed by atoms with van der Waals surface area (Å²) in [7, 11) is 0. The van der Waals surface area contributed by atoms with E-state index < -0.39 is 0 Å². The molecule has 1 aromatic rings. The molecule has 1 aliphatic carbocycles. The van der Waals surface area contributed by atoms with Crippen molar-refractivity contribution >= 4 is 17.6 Å². The number of piperazine rings is 2. The Morgan fingerprint density at radius 2 is 1.78 bits per heavy atom. The first-order valence-corrected chi connectivity index (χ1v) is 12.3. The zero-order chi connectivity index (χ0) is 22.5. The van der Waals surface area contributed by atoms with Crippen LogP contribution in [0.1, 0.15) is 49.9 Å². The predicted molar refractivity (Wildman–Crippen MR) is 126 cm³/mol. The van der Waals surface area contributed by atoms with Crippen LogP contribution in [-0.4, -0.2) is 102 Å². The van der Waals surface area contributed by atoms with E-state index in [0.717, 1.165) is 70.6 Å². The number of anilines is 1. The van der Waals surface area contributed by atoms with E-state index in [1.54, 1.807) is 6.20 Å². The van der Waals surface area contributed by atoms with Gasteiger partial charge in [-0.3, -0.25) is 19.4 Å². The molecule has 0 aromatic carbocycles. The molecule has 1 unspecified atom stereocenters. The van der Waals surface area contributed by atoms with E-state index in [9.17, 15) is 9.59 Å². The van der Waals surface area contributed by atoms with Crippen LogP contribution in [0.4, 0.5) is 5.82 Å². The van der Waals surface area contributed by atoms with Gasteiger partial charge < -0.3 is 15.1 Å². The van der Waals surface area contributed by atoms with Gasteiger partial charge in [0.2, 0.25) is 5.91 Å². The molecule has 1 N–H and O–H groups in total. The van der Waals surface area contributed by atoms with E-state index >= 15 is 0 Å². The molecule has 1 aromatic heterocycles. The van der Waals surface area contributed by atoms with Crippen molar-refractivity contribution in [1.29, 1.82) is 0 Å². The van der Waals surface area contributed by atoms with E-state index in [4.69, 9.17) is 0 Å². The maximum absolute atomic E-state index is 12.8. The molecule has 4 rings (SSSR count). The van der Waals surface area contributed by atoms with Crippen LogP contribution in [0.15, 0.2) is 18.3 Å². The Hall–Kier alpha value is -2.19. The lowest BCUT2D eigenvalue weighted by molar-refractivity contribution is -0.134. The van der Waals surface area contributed by atoms with E-state index in [1.807, 2.05) is 24.0 Å². The van der Waals surface area contributed by atoms with Crippen molar-refractivity contribution in [1.82, 2.24) is 25.0 Å². The van der Waals surface area contributed by atoms with E-state index in [0.29, 0.717) is 12.1 Å². The number of carbonyl (C=O) groups excluding carboxylic acids is 2. The van der Waals surface area contributed by atoms with Gasteiger partial charge >= 0.3 is 0 Å². The Balaban J connectivity index is 1.19. The van der Waals surface area contributed by atoms with Crippen LogP contribution in [0.25, 0.3) is 0 Å². The van der Waals surface area contributed by atoms with Crippen LogP contribution in [0, 0.1) is 0 Å². The van der Waals surface area contributed by atoms with E-state index in [1.165, 1.54) is 19.3 Å². The average molecular weight is 443 g/mol. The molecule has 0 bridgehead atoms. The molecule has 0 radical (unpaired) electrons. The Morgan fingerprint density at radius 1 is 1.06 bits per heavy atom. The van der Waals surface area contributed by atoms with Crippen molar-refractivity contribution in [2.24, 2.45) is 0 Å². The molecule has 3 aliphatic rings. The minimum Gasteiger partial charge on any atom is -0.354 e. The molecule has 8 heteroatoms. The topological polar surface area (TPSA) is 72.0 Å². The molecule has 3 heterocycles. The molecule has 1 saturated carbocycles. The van der Waals surface area contributed by atoms with Crippen molar-refractivity contribution in [2.45, 2.75) is 51.6 Å². The highest BCUT2D eigenvalue weighted by Gasteiger charge is 2.30. The fourth-order valence-corrected chi connectivity index (χ4v) is 4.63. The summed E-state index contributed by atoms with van der Waals surface area (Å²) in [4.78, 5) is 38.6. The summed E-state index contributed by atoms with van der Waals surface area (Å²) in [5.41, 5.74) is 0.593. The number of hydrogen-bond acceptors (Lipinski definition) is 6. The van der Waals surface area contributed by atoms with Gasteiger partial charge in [-0.1, -0.05) is 13.3 Å². The third-order valence-corrected chi connectivity index (χ3v) is 7.31. The minimum absolute atomic E-state index is 0.0738. The number of hydrogen-bond donors (Lipinski definition) is 1. The number of carbonyl (C=O) groups is 2. The maximum Gasteiger partial charge on any atom is 0.253 e. The number of amides is 2. The largest absolute Gasteiger partial charge is 0.354 e. The number of nitrogens with zero attached hydrogens (tertiary/aromatic N) is 5. The lowest BCUT2D eigenvalue weighted by Crippen LogP contribution is -2.56. The molecule has 0 spiro atoms. The van der Waals surface area contributed by atoms with Gasteiger partial charge in [0.15, 0.2) is 0 Å². The zero-order valence-corrected chi connectivity index (χ0v) is 19.6. The molecule has 8 nitrogen and oxygen atoms in total. The summed E-state index contributed by atoms with van der Waals surface area (Å²) in [6.07, 6.45) is 6.60. The van der Waals surface area contributed by atoms with Gasteiger partial charge in [-0.25, -0.2) is 4.98 Å². The Labute approximate surface area is 191 Å². The molecule has 2 amide bonds. The second-order valence-corrected chi connectivity index (χ2v) is 9.45. The lowest BCUT2D eigenvalue weighted by Gasteiger charge is -2.43. The molecule has 3 fully saturated rings. The van der Waals surface area contributed by atoms with Crippen LogP contribution in [0.2, 0.25) is 0 Å². The highest BCUT2D eigenvalue weighted by atomic mass is 16.2. The molecule has 176 valence electrons. The Morgan fingerprint density at radius 3 is 2.34 bits per heavy atom. The van der Waals surface area contributed by atoms with Gasteiger partial charge in [-0.15, -0.1) is 0 Å². The van der Waals surface area contributed by atoms with Gasteiger partial charge in [0.05, 0.1) is 12.1 Å². The van der Waals surface area contributed by atoms with Crippen molar-refractivity contribution in [2.75, 3.05) is 63.8 Å². The highest BCUT2D eigenvalue weighted by molar-refractivity contribution is 5.94. The monoisotopic (exact) mass is 442 g/mol. The zero-order valence-electron chi connectivity index (χ0n) is 19.6. The smallest absolute Gasteiger partial charge is 0.253 e. The number of rotatable bonds is 7. The number of pyridine rings is 1. The van der Waals surface area contributed by atoms with Crippen molar-refractivity contribution < 1.29 is 9.59 Å². The van der Waals surface area contributed by atoms with Crippen molar-refractivity contribution in [3.8, 4) is 0 Å². The third kappa shape index (κ3) is 5.59. The van der Waals surface area contributed by atoms with E-state index in [2.05, 4.69) is 31.9 Å². The number of aromatic nitrogens is 1. The van der Waals surface area contributed by atoms with Gasteiger partial charge in [-0.2, -0.15) is 0 Å². The standard InChI is InChI=1S/C24H38N6O2/c1-3-19(2)26-24(32)20-7-8-22(25-17-20)29-11-9-27(10-12-29)18-23(31)30-15-13-28(14-16-30)21-5-4-6-21/h7-8,17,19,21H,3-6,9-16,18H2,1-2H3,(H,26,32). The SMILES string of the molecule is CCC(C)NC(=O)c1ccc(N2CCN(CC(=O)N3CCN(C4CCC4)CC3)CC2)nc1. The molecule has 2 saturated heterocycles.